The maximum Gasteiger partial charge on any atom is 0.135 e. The second kappa shape index (κ2) is 12.3. The van der Waals surface area contributed by atoms with Gasteiger partial charge in [0.25, 0.3) is 0 Å². The summed E-state index contributed by atoms with van der Waals surface area (Å²) in [6.07, 6.45) is 0. The third kappa shape index (κ3) is 4.95. The second-order valence-corrected chi connectivity index (χ2v) is 14.3. The first-order valence-corrected chi connectivity index (χ1v) is 18.6. The molecule has 1 aromatic heterocycles. The Kier molecular flexibility index (Phi) is 6.96. The van der Waals surface area contributed by atoms with Crippen LogP contribution >= 0.6 is 0 Å². The molecule has 0 saturated heterocycles. The van der Waals surface area contributed by atoms with Crippen molar-refractivity contribution in [3.8, 4) is 50.6 Å². The minimum atomic E-state index is 0.620. The Morgan fingerprint density at radius 2 is 0.800 bits per heavy atom. The van der Waals surface area contributed by atoms with Gasteiger partial charge < -0.3 is 4.42 Å². The van der Waals surface area contributed by atoms with Crippen LogP contribution in [0.1, 0.15) is 5.56 Å². The van der Waals surface area contributed by atoms with Crippen molar-refractivity contribution in [1.82, 2.24) is 0 Å². The van der Waals surface area contributed by atoms with E-state index < -0.39 is 0 Å². The van der Waals surface area contributed by atoms with E-state index >= 15 is 0 Å². The smallest absolute Gasteiger partial charge is 0.135 e. The molecular weight excluding hydrogens is 667 g/mol. The average molecular weight is 698 g/mol. The van der Waals surface area contributed by atoms with Crippen LogP contribution in [0.4, 0.5) is 0 Å². The Hall–Kier alpha value is -7.47. The number of rotatable bonds is 4. The van der Waals surface area contributed by atoms with Crippen LogP contribution < -0.4 is 0 Å². The van der Waals surface area contributed by atoms with Gasteiger partial charge in [0.05, 0.1) is 11.6 Å². The Morgan fingerprint density at radius 3 is 1.40 bits per heavy atom. The molecule has 0 amide bonds. The molecular formula is C53H31NO. The van der Waals surface area contributed by atoms with E-state index in [4.69, 9.17) is 4.42 Å². The van der Waals surface area contributed by atoms with Gasteiger partial charge in [0, 0.05) is 10.8 Å². The monoisotopic (exact) mass is 697 g/mol. The summed E-state index contributed by atoms with van der Waals surface area (Å²) in [6, 6.07) is 69.8. The third-order valence-electron chi connectivity index (χ3n) is 11.3. The van der Waals surface area contributed by atoms with Gasteiger partial charge in [0.1, 0.15) is 11.2 Å². The third-order valence-corrected chi connectivity index (χ3v) is 11.3. The maximum absolute atomic E-state index is 9.66. The average Bonchev–Trinajstić information content (AvgIpc) is 3.62. The van der Waals surface area contributed by atoms with E-state index in [2.05, 4.69) is 176 Å². The lowest BCUT2D eigenvalue weighted by Crippen LogP contribution is -1.94. The first-order chi connectivity index (χ1) is 27.2. The first-order valence-electron chi connectivity index (χ1n) is 18.6. The van der Waals surface area contributed by atoms with Gasteiger partial charge in [-0.05, 0) is 130 Å². The molecule has 0 fully saturated rings. The lowest BCUT2D eigenvalue weighted by molar-refractivity contribution is 0.669. The topological polar surface area (TPSA) is 36.9 Å². The number of fused-ring (bicyclic) bond motifs is 7. The summed E-state index contributed by atoms with van der Waals surface area (Å²) in [4.78, 5) is 0. The minimum Gasteiger partial charge on any atom is -0.456 e. The largest absolute Gasteiger partial charge is 0.456 e. The summed E-state index contributed by atoms with van der Waals surface area (Å²) in [5.74, 6) is 0. The summed E-state index contributed by atoms with van der Waals surface area (Å²) in [7, 11) is 0. The van der Waals surface area contributed by atoms with Crippen LogP contribution in [0.2, 0.25) is 0 Å². The quantitative estimate of drug-likeness (QED) is 0.172. The molecule has 0 bridgehead atoms. The van der Waals surface area contributed by atoms with Crippen LogP contribution in [0, 0.1) is 11.3 Å². The van der Waals surface area contributed by atoms with Crippen LogP contribution in [0.15, 0.2) is 192 Å². The molecule has 0 saturated carbocycles. The van der Waals surface area contributed by atoms with Crippen LogP contribution in [0.5, 0.6) is 0 Å². The zero-order valence-electron chi connectivity index (χ0n) is 29.8. The van der Waals surface area contributed by atoms with Gasteiger partial charge in [-0.1, -0.05) is 146 Å². The zero-order valence-corrected chi connectivity index (χ0v) is 29.8. The van der Waals surface area contributed by atoms with E-state index in [1.807, 2.05) is 18.2 Å². The SMILES string of the molecule is N#Cc1ccc2oc3ccc(-c4ccc5c(-c6cccc7ccccc67)c6cc(-c7ccccc7)ccc6c(-c6cccc7ccccc67)c5c4)cc3c2c1. The molecule has 0 radical (unpaired) electrons. The summed E-state index contributed by atoms with van der Waals surface area (Å²) < 4.78 is 6.21. The van der Waals surface area contributed by atoms with Gasteiger partial charge in [-0.3, -0.25) is 0 Å². The fourth-order valence-electron chi connectivity index (χ4n) is 8.71. The Morgan fingerprint density at radius 1 is 0.327 bits per heavy atom. The van der Waals surface area contributed by atoms with E-state index in [-0.39, 0.29) is 0 Å². The van der Waals surface area contributed by atoms with Gasteiger partial charge in [-0.15, -0.1) is 0 Å². The first kappa shape index (κ1) is 31.1. The molecule has 0 unspecified atom stereocenters. The predicted octanol–water partition coefficient (Wildman–Crippen LogP) is 14.7. The van der Waals surface area contributed by atoms with Crippen molar-refractivity contribution in [2.45, 2.75) is 0 Å². The van der Waals surface area contributed by atoms with Gasteiger partial charge in [-0.25, -0.2) is 0 Å². The fourth-order valence-corrected chi connectivity index (χ4v) is 8.71. The fraction of sp³-hybridized carbons (Fsp3) is 0. The second-order valence-electron chi connectivity index (χ2n) is 14.3. The van der Waals surface area contributed by atoms with Crippen molar-refractivity contribution in [2.24, 2.45) is 0 Å². The van der Waals surface area contributed by atoms with Crippen molar-refractivity contribution >= 4 is 65.0 Å². The molecule has 0 aliphatic carbocycles. The number of hydrogen-bond donors (Lipinski definition) is 0. The Bertz CT molecular complexity index is 3370. The summed E-state index contributed by atoms with van der Waals surface area (Å²) >= 11 is 0. The van der Waals surface area contributed by atoms with E-state index in [0.717, 1.165) is 33.1 Å². The molecule has 0 aliphatic rings. The molecule has 55 heavy (non-hydrogen) atoms. The summed E-state index contributed by atoms with van der Waals surface area (Å²) in [6.45, 7) is 0. The van der Waals surface area contributed by atoms with Gasteiger partial charge in [0.2, 0.25) is 0 Å². The highest BCUT2D eigenvalue weighted by atomic mass is 16.3. The van der Waals surface area contributed by atoms with Gasteiger partial charge in [-0.2, -0.15) is 5.26 Å². The highest BCUT2D eigenvalue weighted by Crippen LogP contribution is 2.48. The standard InChI is InChI=1S/C53H31NO/c54-32-33-20-26-50-46(28-33)47-29-39(23-27-51(47)55-50)38-22-25-45-49(31-38)53(43-19-9-15-36-13-5-7-17-41(36)43)44-24-21-37(34-10-2-1-3-11-34)30-48(44)52(45)42-18-8-14-35-12-4-6-16-40(35)42/h1-31H. The molecule has 2 heteroatoms. The van der Waals surface area contributed by atoms with E-state index in [0.29, 0.717) is 5.56 Å². The Balaban J connectivity index is 1.28. The lowest BCUT2D eigenvalue weighted by Gasteiger charge is -2.21. The molecule has 1 heterocycles. The van der Waals surface area contributed by atoms with Crippen LogP contribution in [-0.4, -0.2) is 0 Å². The lowest BCUT2D eigenvalue weighted by atomic mass is 9.82. The number of nitrogens with zero attached hydrogens (tertiary/aromatic N) is 1. The number of hydrogen-bond acceptors (Lipinski definition) is 2. The molecule has 11 aromatic rings. The van der Waals surface area contributed by atoms with E-state index in [9.17, 15) is 5.26 Å². The van der Waals surface area contributed by atoms with Crippen molar-refractivity contribution in [3.63, 3.8) is 0 Å². The molecule has 0 N–H and O–H groups in total. The van der Waals surface area contributed by atoms with Crippen molar-refractivity contribution in [2.75, 3.05) is 0 Å². The number of nitriles is 1. The molecule has 10 aromatic carbocycles. The normalized spacial score (nSPS) is 11.6. The van der Waals surface area contributed by atoms with E-state index in [1.54, 1.807) is 0 Å². The number of benzene rings is 10. The van der Waals surface area contributed by atoms with Crippen molar-refractivity contribution < 1.29 is 4.42 Å². The van der Waals surface area contributed by atoms with Crippen LogP contribution in [0.3, 0.4) is 0 Å². The van der Waals surface area contributed by atoms with Gasteiger partial charge >= 0.3 is 0 Å². The molecule has 0 spiro atoms. The highest BCUT2D eigenvalue weighted by molar-refractivity contribution is 6.26. The molecule has 2 nitrogen and oxygen atoms in total. The zero-order chi connectivity index (χ0) is 36.5. The van der Waals surface area contributed by atoms with Crippen molar-refractivity contribution in [3.05, 3.63) is 194 Å². The van der Waals surface area contributed by atoms with Crippen molar-refractivity contribution in [1.29, 1.82) is 5.26 Å². The molecule has 0 atom stereocenters. The maximum atomic E-state index is 9.66. The summed E-state index contributed by atoms with van der Waals surface area (Å²) in [5.41, 5.74) is 11.7. The highest BCUT2D eigenvalue weighted by Gasteiger charge is 2.21. The van der Waals surface area contributed by atoms with Crippen LogP contribution in [0.25, 0.3) is 110 Å². The Labute approximate surface area is 317 Å². The summed E-state index contributed by atoms with van der Waals surface area (Å²) in [5, 5.41) is 21.3. The van der Waals surface area contributed by atoms with E-state index in [1.165, 1.54) is 76.5 Å². The molecule has 0 aliphatic heterocycles. The minimum absolute atomic E-state index is 0.620. The molecule has 11 rings (SSSR count). The van der Waals surface area contributed by atoms with Crippen LogP contribution in [-0.2, 0) is 0 Å². The predicted molar refractivity (Wildman–Crippen MR) is 230 cm³/mol. The number of furan rings is 1. The molecule has 254 valence electrons. The van der Waals surface area contributed by atoms with Gasteiger partial charge in [0.15, 0.2) is 0 Å².